The van der Waals surface area contributed by atoms with Gasteiger partial charge in [-0.15, -0.1) is 0 Å². The maximum absolute atomic E-state index is 11.3. The summed E-state index contributed by atoms with van der Waals surface area (Å²) in [6, 6.07) is 0.521. The number of hydrogen-bond donors (Lipinski definition) is 1. The van der Waals surface area contributed by atoms with Crippen LogP contribution in [0.15, 0.2) is 0 Å². The molecule has 0 radical (unpaired) electrons. The van der Waals surface area contributed by atoms with Gasteiger partial charge in [-0.25, -0.2) is 0 Å². The molecule has 0 aromatic rings. The Balaban J connectivity index is 2.17. The summed E-state index contributed by atoms with van der Waals surface area (Å²) in [6.07, 6.45) is 0.432. The van der Waals surface area contributed by atoms with Crippen molar-refractivity contribution in [1.82, 2.24) is 10.2 Å². The number of carbonyl (C=O) groups is 1. The van der Waals surface area contributed by atoms with Crippen LogP contribution in [0.3, 0.4) is 0 Å². The number of ether oxygens (including phenoxy) is 2. The molecular formula is C13H26N2O3. The third-order valence-corrected chi connectivity index (χ3v) is 2.98. The van der Waals surface area contributed by atoms with Crippen LogP contribution in [0.25, 0.3) is 0 Å². The van der Waals surface area contributed by atoms with E-state index in [0.29, 0.717) is 19.1 Å². The molecule has 1 saturated heterocycles. The van der Waals surface area contributed by atoms with Gasteiger partial charge in [0.25, 0.3) is 0 Å². The van der Waals surface area contributed by atoms with Crippen molar-refractivity contribution >= 4 is 5.97 Å². The third kappa shape index (κ3) is 6.33. The number of carbonyl (C=O) groups excluding carboxylic acids is 1. The van der Waals surface area contributed by atoms with Crippen LogP contribution < -0.4 is 5.32 Å². The van der Waals surface area contributed by atoms with E-state index in [0.717, 1.165) is 32.8 Å². The van der Waals surface area contributed by atoms with E-state index in [2.05, 4.69) is 17.1 Å². The Hall–Kier alpha value is -0.650. The number of esters is 1. The summed E-state index contributed by atoms with van der Waals surface area (Å²) >= 11 is 0. The SMILES string of the molecule is CCOC(=O)CC(C)NC(C)CN1CCOCC1. The fourth-order valence-corrected chi connectivity index (χ4v) is 2.24. The molecule has 0 aliphatic carbocycles. The van der Waals surface area contributed by atoms with Gasteiger partial charge in [0.1, 0.15) is 0 Å². The summed E-state index contributed by atoms with van der Waals surface area (Å²) in [5.74, 6) is -0.129. The van der Waals surface area contributed by atoms with E-state index in [1.54, 1.807) is 0 Å². The zero-order valence-corrected chi connectivity index (χ0v) is 11.8. The first kappa shape index (κ1) is 15.4. The van der Waals surface area contributed by atoms with Crippen LogP contribution in [-0.4, -0.2) is 62.4 Å². The molecule has 0 spiro atoms. The lowest BCUT2D eigenvalue weighted by Gasteiger charge is -2.30. The highest BCUT2D eigenvalue weighted by molar-refractivity contribution is 5.70. The molecule has 106 valence electrons. The van der Waals surface area contributed by atoms with E-state index in [4.69, 9.17) is 9.47 Å². The molecule has 5 heteroatoms. The fourth-order valence-electron chi connectivity index (χ4n) is 2.24. The highest BCUT2D eigenvalue weighted by Gasteiger charge is 2.16. The Bertz CT molecular complexity index is 242. The third-order valence-electron chi connectivity index (χ3n) is 2.98. The van der Waals surface area contributed by atoms with E-state index in [1.165, 1.54) is 0 Å². The quantitative estimate of drug-likeness (QED) is 0.679. The predicted octanol–water partition coefficient (Wildman–Crippen LogP) is 0.638. The Morgan fingerprint density at radius 3 is 2.61 bits per heavy atom. The molecule has 0 saturated carbocycles. The summed E-state index contributed by atoms with van der Waals surface area (Å²) in [4.78, 5) is 13.7. The largest absolute Gasteiger partial charge is 0.466 e. The topological polar surface area (TPSA) is 50.8 Å². The molecule has 0 bridgehead atoms. The van der Waals surface area contributed by atoms with Crippen molar-refractivity contribution in [2.45, 2.75) is 39.3 Å². The molecule has 0 amide bonds. The van der Waals surface area contributed by atoms with Crippen LogP contribution in [0.1, 0.15) is 27.2 Å². The molecule has 0 aromatic heterocycles. The first-order valence-corrected chi connectivity index (χ1v) is 6.83. The molecule has 18 heavy (non-hydrogen) atoms. The van der Waals surface area contributed by atoms with Crippen molar-refractivity contribution in [1.29, 1.82) is 0 Å². The van der Waals surface area contributed by atoms with Gasteiger partial charge in [0.2, 0.25) is 0 Å². The van der Waals surface area contributed by atoms with Gasteiger partial charge in [0, 0.05) is 31.7 Å². The second kappa shape index (κ2) is 8.45. The van der Waals surface area contributed by atoms with Gasteiger partial charge < -0.3 is 14.8 Å². The van der Waals surface area contributed by atoms with E-state index in [9.17, 15) is 4.79 Å². The van der Waals surface area contributed by atoms with Gasteiger partial charge >= 0.3 is 5.97 Å². The molecule has 1 rings (SSSR count). The van der Waals surface area contributed by atoms with Crippen LogP contribution in [-0.2, 0) is 14.3 Å². The second-order valence-corrected chi connectivity index (χ2v) is 4.89. The standard InChI is InChI=1S/C13H26N2O3/c1-4-18-13(16)9-11(2)14-12(3)10-15-5-7-17-8-6-15/h11-12,14H,4-10H2,1-3H3. The lowest BCUT2D eigenvalue weighted by molar-refractivity contribution is -0.143. The molecule has 1 N–H and O–H groups in total. The van der Waals surface area contributed by atoms with Crippen LogP contribution in [0.2, 0.25) is 0 Å². The van der Waals surface area contributed by atoms with Crippen LogP contribution in [0.5, 0.6) is 0 Å². The van der Waals surface area contributed by atoms with Crippen LogP contribution in [0.4, 0.5) is 0 Å². The average molecular weight is 258 g/mol. The maximum Gasteiger partial charge on any atom is 0.307 e. The number of nitrogens with one attached hydrogen (secondary N) is 1. The Kier molecular flexibility index (Phi) is 7.23. The van der Waals surface area contributed by atoms with Gasteiger partial charge in [-0.1, -0.05) is 0 Å². The normalized spacial score (nSPS) is 20.4. The Morgan fingerprint density at radius 2 is 2.00 bits per heavy atom. The van der Waals surface area contributed by atoms with Crippen molar-refractivity contribution < 1.29 is 14.3 Å². The zero-order valence-electron chi connectivity index (χ0n) is 11.8. The smallest absolute Gasteiger partial charge is 0.307 e. The summed E-state index contributed by atoms with van der Waals surface area (Å²) < 4.78 is 10.3. The highest BCUT2D eigenvalue weighted by Crippen LogP contribution is 2.01. The van der Waals surface area contributed by atoms with E-state index >= 15 is 0 Å². The zero-order chi connectivity index (χ0) is 13.4. The minimum absolute atomic E-state index is 0.129. The summed E-state index contributed by atoms with van der Waals surface area (Å²) in [7, 11) is 0. The van der Waals surface area contributed by atoms with Gasteiger partial charge in [-0.2, -0.15) is 0 Å². The maximum atomic E-state index is 11.3. The summed E-state index contributed by atoms with van der Waals surface area (Å²) in [5.41, 5.74) is 0. The molecule has 2 unspecified atom stereocenters. The van der Waals surface area contributed by atoms with E-state index < -0.39 is 0 Å². The molecule has 1 aliphatic heterocycles. The number of hydrogen-bond acceptors (Lipinski definition) is 5. The van der Waals surface area contributed by atoms with Crippen LogP contribution in [0, 0.1) is 0 Å². The molecular weight excluding hydrogens is 232 g/mol. The van der Waals surface area contributed by atoms with E-state index in [1.807, 2.05) is 13.8 Å². The molecule has 5 nitrogen and oxygen atoms in total. The fraction of sp³-hybridized carbons (Fsp3) is 0.923. The minimum Gasteiger partial charge on any atom is -0.466 e. The van der Waals surface area contributed by atoms with Crippen molar-refractivity contribution in [3.63, 3.8) is 0 Å². The molecule has 1 heterocycles. The molecule has 2 atom stereocenters. The monoisotopic (exact) mass is 258 g/mol. The highest BCUT2D eigenvalue weighted by atomic mass is 16.5. The van der Waals surface area contributed by atoms with Gasteiger partial charge in [-0.3, -0.25) is 9.69 Å². The van der Waals surface area contributed by atoms with E-state index in [-0.39, 0.29) is 12.0 Å². The summed E-state index contributed by atoms with van der Waals surface area (Å²) in [5, 5.41) is 3.43. The lowest BCUT2D eigenvalue weighted by Crippen LogP contribution is -2.47. The summed E-state index contributed by atoms with van der Waals surface area (Å²) in [6.45, 7) is 11.1. The Morgan fingerprint density at radius 1 is 1.33 bits per heavy atom. The predicted molar refractivity (Wildman–Crippen MR) is 70.6 cm³/mol. The lowest BCUT2D eigenvalue weighted by atomic mass is 10.2. The minimum atomic E-state index is -0.129. The molecule has 0 aromatic carbocycles. The van der Waals surface area contributed by atoms with Crippen molar-refractivity contribution in [2.75, 3.05) is 39.5 Å². The van der Waals surface area contributed by atoms with Crippen LogP contribution >= 0.6 is 0 Å². The average Bonchev–Trinajstić information content (AvgIpc) is 2.29. The van der Waals surface area contributed by atoms with Crippen molar-refractivity contribution in [2.24, 2.45) is 0 Å². The van der Waals surface area contributed by atoms with Gasteiger partial charge in [0.05, 0.1) is 26.2 Å². The number of rotatable bonds is 7. The van der Waals surface area contributed by atoms with Gasteiger partial charge in [0.15, 0.2) is 0 Å². The first-order chi connectivity index (χ1) is 8.61. The molecule has 1 fully saturated rings. The van der Waals surface area contributed by atoms with Crippen molar-refractivity contribution in [3.8, 4) is 0 Å². The Labute approximate surface area is 110 Å². The number of nitrogens with zero attached hydrogens (tertiary/aromatic N) is 1. The van der Waals surface area contributed by atoms with Gasteiger partial charge in [-0.05, 0) is 20.8 Å². The molecule has 1 aliphatic rings. The second-order valence-electron chi connectivity index (χ2n) is 4.89. The number of morpholine rings is 1. The first-order valence-electron chi connectivity index (χ1n) is 6.83. The van der Waals surface area contributed by atoms with Crippen molar-refractivity contribution in [3.05, 3.63) is 0 Å².